The van der Waals surface area contributed by atoms with Crippen LogP contribution in [-0.4, -0.2) is 17.9 Å². The Morgan fingerprint density at radius 3 is 2.57 bits per heavy atom. The summed E-state index contributed by atoms with van der Waals surface area (Å²) in [6, 6.07) is 9.54. The van der Waals surface area contributed by atoms with Gasteiger partial charge in [-0.25, -0.2) is 4.79 Å². The molecule has 0 saturated heterocycles. The van der Waals surface area contributed by atoms with E-state index in [1.807, 2.05) is 0 Å². The zero-order valence-corrected chi connectivity index (χ0v) is 13.0. The molecule has 0 aliphatic heterocycles. The van der Waals surface area contributed by atoms with E-state index in [2.05, 4.69) is 15.3 Å². The molecule has 23 heavy (non-hydrogen) atoms. The molecule has 0 atom stereocenters. The first-order valence-electron chi connectivity index (χ1n) is 6.23. The molecule has 2 aromatic carbocycles. The number of nitrogens with one attached hydrogen (secondary N) is 1. The summed E-state index contributed by atoms with van der Waals surface area (Å²) >= 11 is 12.0. The fraction of sp³-hybridized carbons (Fsp3) is 0.0714. The van der Waals surface area contributed by atoms with E-state index in [1.54, 1.807) is 30.3 Å². The van der Waals surface area contributed by atoms with Crippen molar-refractivity contribution >= 4 is 35.0 Å². The molecule has 7 nitrogen and oxygen atoms in total. The van der Waals surface area contributed by atoms with Crippen LogP contribution in [0.15, 0.2) is 41.5 Å². The number of hydrogen-bond donors (Lipinski definition) is 2. The summed E-state index contributed by atoms with van der Waals surface area (Å²) in [5.74, 6) is 0.402. The highest BCUT2D eigenvalue weighted by molar-refractivity contribution is 6.35. The Balaban J connectivity index is 2.48. The fourth-order valence-corrected chi connectivity index (χ4v) is 2.44. The molecule has 2 aromatic rings. The summed E-state index contributed by atoms with van der Waals surface area (Å²) in [5.41, 5.74) is 9.73. The Hall–Kier alpha value is -2.60. The predicted octanol–water partition coefficient (Wildman–Crippen LogP) is 5.40. The predicted molar refractivity (Wildman–Crippen MR) is 88.2 cm³/mol. The first-order valence-corrected chi connectivity index (χ1v) is 6.99. The van der Waals surface area contributed by atoms with Crippen molar-refractivity contribution in [3.63, 3.8) is 0 Å². The van der Waals surface area contributed by atoms with Gasteiger partial charge in [0.15, 0.2) is 6.73 Å². The zero-order valence-electron chi connectivity index (χ0n) is 11.5. The molecule has 1 amide bonds. The average molecular weight is 353 g/mol. The van der Waals surface area contributed by atoms with E-state index < -0.39 is 6.09 Å². The third kappa shape index (κ3) is 4.69. The van der Waals surface area contributed by atoms with E-state index in [1.165, 1.54) is 6.07 Å². The molecule has 0 aromatic heterocycles. The lowest BCUT2D eigenvalue weighted by atomic mass is 10.0. The van der Waals surface area contributed by atoms with Gasteiger partial charge in [-0.05, 0) is 47.5 Å². The highest BCUT2D eigenvalue weighted by Crippen LogP contribution is 2.35. The van der Waals surface area contributed by atoms with Crippen LogP contribution in [0.5, 0.6) is 5.75 Å². The van der Waals surface area contributed by atoms with Gasteiger partial charge in [-0.3, -0.25) is 5.32 Å². The third-order valence-electron chi connectivity index (χ3n) is 2.76. The summed E-state index contributed by atoms with van der Waals surface area (Å²) in [7, 11) is 0. The van der Waals surface area contributed by atoms with Crippen LogP contribution in [0.4, 0.5) is 10.5 Å². The molecular weight excluding hydrogens is 343 g/mol. The molecule has 0 bridgehead atoms. The Labute approximate surface area is 141 Å². The molecule has 2 rings (SSSR count). The minimum absolute atomic E-state index is 0.183. The quantitative estimate of drug-likeness (QED) is 0.427. The van der Waals surface area contributed by atoms with Crippen molar-refractivity contribution in [2.75, 3.05) is 12.0 Å². The van der Waals surface area contributed by atoms with Gasteiger partial charge in [-0.2, -0.15) is 0 Å². The molecule has 0 aliphatic rings. The topological polar surface area (TPSA) is 107 Å². The van der Waals surface area contributed by atoms with E-state index in [4.69, 9.17) is 38.6 Å². The van der Waals surface area contributed by atoms with Gasteiger partial charge in [0.25, 0.3) is 0 Å². The average Bonchev–Trinajstić information content (AvgIpc) is 2.47. The third-order valence-corrected chi connectivity index (χ3v) is 3.19. The Morgan fingerprint density at radius 2 is 1.96 bits per heavy atom. The molecule has 0 saturated carbocycles. The molecule has 0 unspecified atom stereocenters. The molecule has 0 radical (unpaired) electrons. The maximum atomic E-state index is 10.9. The number of rotatable bonds is 5. The largest absolute Gasteiger partial charge is 0.487 e. The summed E-state index contributed by atoms with van der Waals surface area (Å²) in [6.45, 7) is -0.183. The highest BCUT2D eigenvalue weighted by atomic mass is 35.5. The van der Waals surface area contributed by atoms with Crippen LogP contribution in [0, 0.1) is 0 Å². The summed E-state index contributed by atoms with van der Waals surface area (Å²) in [5, 5.41) is 15.3. The molecule has 0 fully saturated rings. The Morgan fingerprint density at radius 1 is 1.26 bits per heavy atom. The SMILES string of the molecule is [N-]=[N+]=NCOc1ccc(NC(=O)O)c(-c2cc(Cl)cc(Cl)c2)c1. The van der Waals surface area contributed by atoms with Crippen LogP contribution >= 0.6 is 23.2 Å². The molecular formula is C14H10Cl2N4O3. The standard InChI is InChI=1S/C14H10Cl2N4O3/c15-9-3-8(4-10(16)5-9)12-6-11(23-7-18-20-17)1-2-13(12)19-14(21)22/h1-6,19H,7H2,(H,21,22). The number of ether oxygens (including phenoxy) is 1. The van der Waals surface area contributed by atoms with Crippen molar-refractivity contribution in [3.8, 4) is 16.9 Å². The van der Waals surface area contributed by atoms with Crippen molar-refractivity contribution in [3.05, 3.63) is 56.9 Å². The van der Waals surface area contributed by atoms with Crippen LogP contribution in [0.3, 0.4) is 0 Å². The lowest BCUT2D eigenvalue weighted by molar-refractivity contribution is 0.209. The molecule has 2 N–H and O–H groups in total. The summed E-state index contributed by atoms with van der Waals surface area (Å²) < 4.78 is 5.27. The van der Waals surface area contributed by atoms with E-state index in [0.29, 0.717) is 32.6 Å². The maximum Gasteiger partial charge on any atom is 0.409 e. The number of anilines is 1. The smallest absolute Gasteiger partial charge is 0.409 e. The number of nitrogens with zero attached hydrogens (tertiary/aromatic N) is 3. The maximum absolute atomic E-state index is 10.9. The van der Waals surface area contributed by atoms with Gasteiger partial charge < -0.3 is 9.84 Å². The second kappa shape index (κ2) is 7.60. The minimum atomic E-state index is -1.21. The molecule has 9 heteroatoms. The van der Waals surface area contributed by atoms with Crippen LogP contribution < -0.4 is 10.1 Å². The van der Waals surface area contributed by atoms with E-state index in [0.717, 1.165) is 0 Å². The Bertz CT molecular complexity index is 771. The van der Waals surface area contributed by atoms with Gasteiger partial charge in [0.1, 0.15) is 5.75 Å². The van der Waals surface area contributed by atoms with Gasteiger partial charge in [0, 0.05) is 20.5 Å². The summed E-state index contributed by atoms with van der Waals surface area (Å²) in [4.78, 5) is 13.5. The second-order valence-electron chi connectivity index (χ2n) is 4.30. The molecule has 0 spiro atoms. The zero-order chi connectivity index (χ0) is 16.8. The number of benzene rings is 2. The van der Waals surface area contributed by atoms with Gasteiger partial charge in [0.2, 0.25) is 0 Å². The lowest BCUT2D eigenvalue weighted by Gasteiger charge is -2.13. The molecule has 0 aliphatic carbocycles. The number of hydrogen-bond acceptors (Lipinski definition) is 3. The normalized spacial score (nSPS) is 9.83. The summed E-state index contributed by atoms with van der Waals surface area (Å²) in [6.07, 6.45) is -1.21. The van der Waals surface area contributed by atoms with Crippen molar-refractivity contribution in [1.82, 2.24) is 0 Å². The van der Waals surface area contributed by atoms with Crippen molar-refractivity contribution < 1.29 is 14.6 Å². The number of amides is 1. The van der Waals surface area contributed by atoms with Crippen LogP contribution in [0.1, 0.15) is 0 Å². The van der Waals surface area contributed by atoms with Gasteiger partial charge in [-0.15, -0.1) is 0 Å². The van der Waals surface area contributed by atoms with E-state index in [-0.39, 0.29) is 6.73 Å². The van der Waals surface area contributed by atoms with Crippen LogP contribution in [0.2, 0.25) is 10.0 Å². The van der Waals surface area contributed by atoms with Gasteiger partial charge in [-0.1, -0.05) is 28.3 Å². The minimum Gasteiger partial charge on any atom is -0.487 e. The number of carbonyl (C=O) groups is 1. The van der Waals surface area contributed by atoms with Crippen molar-refractivity contribution in [1.29, 1.82) is 0 Å². The Kier molecular flexibility index (Phi) is 5.54. The van der Waals surface area contributed by atoms with Gasteiger partial charge >= 0.3 is 6.09 Å². The van der Waals surface area contributed by atoms with Crippen molar-refractivity contribution in [2.45, 2.75) is 0 Å². The monoisotopic (exact) mass is 352 g/mol. The van der Waals surface area contributed by atoms with Gasteiger partial charge in [0.05, 0.1) is 5.69 Å². The molecule has 118 valence electrons. The van der Waals surface area contributed by atoms with Crippen molar-refractivity contribution in [2.24, 2.45) is 5.11 Å². The first kappa shape index (κ1) is 16.8. The van der Waals surface area contributed by atoms with E-state index >= 15 is 0 Å². The van der Waals surface area contributed by atoms with Crippen LogP contribution in [-0.2, 0) is 0 Å². The number of carboxylic acid groups (broad SMARTS) is 1. The molecule has 0 heterocycles. The first-order chi connectivity index (χ1) is 11.0. The second-order valence-corrected chi connectivity index (χ2v) is 5.17. The number of azide groups is 1. The van der Waals surface area contributed by atoms with Crippen LogP contribution in [0.25, 0.3) is 21.6 Å². The van der Waals surface area contributed by atoms with E-state index in [9.17, 15) is 4.79 Å². The fourth-order valence-electron chi connectivity index (χ4n) is 1.91. The highest BCUT2D eigenvalue weighted by Gasteiger charge is 2.11. The lowest BCUT2D eigenvalue weighted by Crippen LogP contribution is -2.08. The number of halogens is 2.